The normalized spacial score (nSPS) is 12.3. The molecular formula is C20H25BClN5O6. The van der Waals surface area contributed by atoms with Crippen molar-refractivity contribution in [3.05, 3.63) is 41.2 Å². The van der Waals surface area contributed by atoms with E-state index in [1.165, 1.54) is 44.4 Å². The molecule has 0 aliphatic rings. The SMILES string of the molecule is [2H]OB(O)c1cc(NC(=O)c2ccc(Cl)cn2)nc(NC(=O)C(C)N(C)C(=O)OC(C)(C)C)c1. The highest BCUT2D eigenvalue weighted by Gasteiger charge is 2.27. The van der Waals surface area contributed by atoms with Crippen molar-refractivity contribution in [1.82, 2.24) is 14.9 Å². The molecule has 0 radical (unpaired) electrons. The first-order valence-electron chi connectivity index (χ1n) is 10.2. The molecule has 0 aliphatic heterocycles. The van der Waals surface area contributed by atoms with Gasteiger partial charge in [-0.25, -0.2) is 14.8 Å². The van der Waals surface area contributed by atoms with Gasteiger partial charge < -0.3 is 25.4 Å². The van der Waals surface area contributed by atoms with Gasteiger partial charge in [-0.3, -0.25) is 14.5 Å². The fraction of sp³-hybridized carbons (Fsp3) is 0.350. The molecule has 0 bridgehead atoms. The molecule has 1 atom stereocenters. The Labute approximate surface area is 197 Å². The van der Waals surface area contributed by atoms with Crippen LogP contribution in [0.1, 0.15) is 38.2 Å². The topological polar surface area (TPSA) is 154 Å². The van der Waals surface area contributed by atoms with Crippen molar-refractivity contribution in [2.24, 2.45) is 0 Å². The van der Waals surface area contributed by atoms with Crippen LogP contribution in [0.4, 0.5) is 16.4 Å². The van der Waals surface area contributed by atoms with Gasteiger partial charge in [-0.15, -0.1) is 0 Å². The Morgan fingerprint density at radius 3 is 2.42 bits per heavy atom. The van der Waals surface area contributed by atoms with E-state index in [0.29, 0.717) is 5.02 Å². The monoisotopic (exact) mass is 478 g/mol. The molecule has 11 nitrogen and oxygen atoms in total. The Morgan fingerprint density at radius 1 is 1.24 bits per heavy atom. The van der Waals surface area contributed by atoms with Crippen LogP contribution < -0.4 is 16.1 Å². The number of hydrogen-bond acceptors (Lipinski definition) is 8. The molecule has 13 heteroatoms. The molecule has 0 aromatic carbocycles. The van der Waals surface area contributed by atoms with E-state index < -0.39 is 36.7 Å². The molecule has 176 valence electrons. The molecule has 4 N–H and O–H groups in total. The number of carbonyl (C=O) groups is 3. The van der Waals surface area contributed by atoms with Gasteiger partial charge in [0, 0.05) is 13.2 Å². The first kappa shape index (κ1) is 24.4. The van der Waals surface area contributed by atoms with E-state index in [1.807, 2.05) is 0 Å². The van der Waals surface area contributed by atoms with Crippen molar-refractivity contribution >= 4 is 53.7 Å². The van der Waals surface area contributed by atoms with Gasteiger partial charge in [0.1, 0.15) is 29.0 Å². The summed E-state index contributed by atoms with van der Waals surface area (Å²) in [4.78, 5) is 46.6. The molecule has 0 fully saturated rings. The fourth-order valence-electron chi connectivity index (χ4n) is 2.41. The van der Waals surface area contributed by atoms with Gasteiger partial charge in [-0.2, -0.15) is 0 Å². The Balaban J connectivity index is 2.23. The van der Waals surface area contributed by atoms with Crippen molar-refractivity contribution in [1.29, 1.82) is 1.43 Å². The summed E-state index contributed by atoms with van der Waals surface area (Å²) in [6.45, 7) is 6.59. The Kier molecular flexibility index (Phi) is 7.85. The van der Waals surface area contributed by atoms with Gasteiger partial charge in [-0.1, -0.05) is 11.6 Å². The number of pyridine rings is 2. The van der Waals surface area contributed by atoms with Gasteiger partial charge >= 0.3 is 13.2 Å². The highest BCUT2D eigenvalue weighted by atomic mass is 35.5. The molecule has 2 rings (SSSR count). The molecular weight excluding hydrogens is 453 g/mol. The highest BCUT2D eigenvalue weighted by molar-refractivity contribution is 6.58. The van der Waals surface area contributed by atoms with E-state index >= 15 is 0 Å². The average molecular weight is 479 g/mol. The van der Waals surface area contributed by atoms with Crippen LogP contribution in [0.3, 0.4) is 0 Å². The van der Waals surface area contributed by atoms with Gasteiger partial charge in [0.2, 0.25) is 5.91 Å². The summed E-state index contributed by atoms with van der Waals surface area (Å²) in [6.07, 6.45) is 0.602. The first-order chi connectivity index (χ1) is 15.8. The van der Waals surface area contributed by atoms with Crippen LogP contribution in [0.5, 0.6) is 0 Å². The minimum absolute atomic E-state index is 0.0350. The molecule has 2 aromatic heterocycles. The quantitative estimate of drug-likeness (QED) is 0.434. The second-order valence-electron chi connectivity index (χ2n) is 8.10. The third-order valence-corrected chi connectivity index (χ3v) is 4.45. The van der Waals surface area contributed by atoms with Crippen molar-refractivity contribution in [3.63, 3.8) is 0 Å². The van der Waals surface area contributed by atoms with Crippen LogP contribution in [0.2, 0.25) is 5.02 Å². The predicted octanol–water partition coefficient (Wildman–Crippen LogP) is 1.26. The summed E-state index contributed by atoms with van der Waals surface area (Å²) in [5.41, 5.74) is -0.657. The molecule has 2 aromatic rings. The highest BCUT2D eigenvalue weighted by Crippen LogP contribution is 2.14. The molecule has 0 aliphatic carbocycles. The molecule has 1 unspecified atom stereocenters. The number of carbonyl (C=O) groups excluding carboxylic acids is 3. The summed E-state index contributed by atoms with van der Waals surface area (Å²) < 4.78 is 12.2. The average Bonchev–Trinajstić information content (AvgIpc) is 2.76. The zero-order valence-corrected chi connectivity index (χ0v) is 19.5. The molecule has 33 heavy (non-hydrogen) atoms. The molecule has 0 saturated heterocycles. The minimum atomic E-state index is -1.68. The lowest BCUT2D eigenvalue weighted by atomic mass is 9.81. The van der Waals surface area contributed by atoms with Gasteiger partial charge in [0.25, 0.3) is 5.91 Å². The Bertz CT molecular complexity index is 1050. The third kappa shape index (κ3) is 7.70. The second-order valence-corrected chi connectivity index (χ2v) is 8.53. The summed E-state index contributed by atoms with van der Waals surface area (Å²) in [5.74, 6) is -1.37. The second kappa shape index (κ2) is 10.6. The van der Waals surface area contributed by atoms with E-state index in [0.717, 1.165) is 4.90 Å². The third-order valence-electron chi connectivity index (χ3n) is 4.23. The number of rotatable bonds is 7. The smallest absolute Gasteiger partial charge is 0.444 e. The van der Waals surface area contributed by atoms with Gasteiger partial charge in [0.15, 0.2) is 1.43 Å². The molecule has 2 heterocycles. The summed E-state index contributed by atoms with van der Waals surface area (Å²) in [6, 6.07) is 4.46. The Hall–Kier alpha value is -3.22. The molecule has 0 spiro atoms. The first-order valence-corrected chi connectivity index (χ1v) is 10.2. The maximum atomic E-state index is 12.7. The Morgan fingerprint density at radius 2 is 1.88 bits per heavy atom. The van der Waals surface area contributed by atoms with E-state index in [2.05, 4.69) is 25.6 Å². The van der Waals surface area contributed by atoms with Crippen molar-refractivity contribution in [2.45, 2.75) is 39.3 Å². The number of halogens is 1. The summed E-state index contributed by atoms with van der Waals surface area (Å²) >= 11 is 5.78. The number of likely N-dealkylation sites (N-methyl/N-ethyl adjacent to an activating group) is 1. The number of aromatic nitrogens is 2. The van der Waals surface area contributed by atoms with Crippen LogP contribution in [-0.2, 0) is 9.53 Å². The van der Waals surface area contributed by atoms with Crippen LogP contribution in [-0.4, -0.2) is 70.1 Å². The zero-order chi connectivity index (χ0) is 25.6. The zero-order valence-electron chi connectivity index (χ0n) is 19.7. The number of ether oxygens (including phenoxy) is 1. The number of nitrogens with one attached hydrogen (secondary N) is 2. The van der Waals surface area contributed by atoms with E-state index in [4.69, 9.17) is 17.8 Å². The molecule has 3 amide bonds. The number of nitrogens with zero attached hydrogens (tertiary/aromatic N) is 3. The molecule has 0 saturated carbocycles. The van der Waals surface area contributed by atoms with E-state index in [-0.39, 0.29) is 22.8 Å². The summed E-state index contributed by atoms with van der Waals surface area (Å²) in [7, 11) is -0.269. The van der Waals surface area contributed by atoms with Crippen molar-refractivity contribution < 1.29 is 29.2 Å². The number of amides is 3. The lowest BCUT2D eigenvalue weighted by Gasteiger charge is -2.28. The van der Waals surface area contributed by atoms with Crippen LogP contribution in [0, 0.1) is 0 Å². The maximum Gasteiger partial charge on any atom is 0.488 e. The van der Waals surface area contributed by atoms with Crippen molar-refractivity contribution in [3.8, 4) is 0 Å². The lowest BCUT2D eigenvalue weighted by molar-refractivity contribution is -0.120. The van der Waals surface area contributed by atoms with E-state index in [1.54, 1.807) is 20.8 Å². The van der Waals surface area contributed by atoms with E-state index in [9.17, 15) is 19.4 Å². The predicted molar refractivity (Wildman–Crippen MR) is 123 cm³/mol. The van der Waals surface area contributed by atoms with Crippen LogP contribution in [0.15, 0.2) is 30.5 Å². The summed E-state index contributed by atoms with van der Waals surface area (Å²) in [5, 5.41) is 19.4. The van der Waals surface area contributed by atoms with Crippen molar-refractivity contribution in [2.75, 3.05) is 17.7 Å². The number of hydrogen-bond donors (Lipinski definition) is 4. The van der Waals surface area contributed by atoms with Gasteiger partial charge in [0.05, 0.1) is 5.02 Å². The largest absolute Gasteiger partial charge is 0.488 e. The maximum absolute atomic E-state index is 12.7. The standard InChI is InChI=1S/C20H25BClN5O6/c1-11(27(5)19(30)33-20(2,3)4)17(28)25-15-8-12(21(31)32)9-16(24-15)26-18(29)14-7-6-13(22)10-23-14/h6-11,31-32H,1-5H3,(H2,24,25,26,28,29)/i31D. The fourth-order valence-corrected chi connectivity index (χ4v) is 2.52. The number of anilines is 2. The minimum Gasteiger partial charge on any atom is -0.444 e. The lowest BCUT2D eigenvalue weighted by Crippen LogP contribution is -2.45. The van der Waals surface area contributed by atoms with Gasteiger partial charge in [-0.05, 0) is 57.4 Å². The van der Waals surface area contributed by atoms with Crippen LogP contribution >= 0.6 is 11.6 Å². The van der Waals surface area contributed by atoms with Crippen LogP contribution in [0.25, 0.3) is 0 Å².